The van der Waals surface area contributed by atoms with Gasteiger partial charge in [0.15, 0.2) is 0 Å². The lowest BCUT2D eigenvalue weighted by molar-refractivity contribution is 0.0926. The van der Waals surface area contributed by atoms with E-state index in [4.69, 9.17) is 14.7 Å². The van der Waals surface area contributed by atoms with E-state index < -0.39 is 0 Å². The molecule has 0 unspecified atom stereocenters. The molecule has 1 aromatic rings. The molecule has 0 aliphatic carbocycles. The van der Waals surface area contributed by atoms with Gasteiger partial charge >= 0.3 is 0 Å². The molecule has 0 bridgehead atoms. The van der Waals surface area contributed by atoms with Crippen molar-refractivity contribution in [3.05, 3.63) is 34.9 Å². The molecule has 0 aromatic heterocycles. The summed E-state index contributed by atoms with van der Waals surface area (Å²) in [6, 6.07) is 7.77. The number of nitriles is 1. The van der Waals surface area contributed by atoms with Crippen molar-refractivity contribution in [2.75, 3.05) is 20.3 Å². The predicted molar refractivity (Wildman–Crippen MR) is 62.0 cm³/mol. The maximum atomic E-state index is 8.73. The van der Waals surface area contributed by atoms with Crippen LogP contribution in [-0.2, 0) is 16.1 Å². The molecular formula is C13H17NO2. The van der Waals surface area contributed by atoms with E-state index in [1.165, 1.54) is 0 Å². The largest absolute Gasteiger partial charge is 0.385 e. The minimum Gasteiger partial charge on any atom is -0.385 e. The molecule has 0 atom stereocenters. The van der Waals surface area contributed by atoms with Gasteiger partial charge in [-0.15, -0.1) is 0 Å². The highest BCUT2D eigenvalue weighted by atomic mass is 16.5. The molecule has 0 aliphatic heterocycles. The Bertz CT molecular complexity index is 369. The number of methoxy groups -OCH3 is 1. The van der Waals surface area contributed by atoms with Crippen LogP contribution in [0.15, 0.2) is 18.2 Å². The fourth-order valence-electron chi connectivity index (χ4n) is 1.41. The van der Waals surface area contributed by atoms with Crippen molar-refractivity contribution in [2.45, 2.75) is 20.0 Å². The third kappa shape index (κ3) is 4.01. The molecule has 0 saturated carbocycles. The van der Waals surface area contributed by atoms with Crippen LogP contribution in [0.25, 0.3) is 0 Å². The fraction of sp³-hybridized carbons (Fsp3) is 0.462. The first-order valence-electron chi connectivity index (χ1n) is 5.34. The van der Waals surface area contributed by atoms with Crippen LogP contribution in [0.4, 0.5) is 0 Å². The molecule has 3 nitrogen and oxygen atoms in total. The van der Waals surface area contributed by atoms with Crippen molar-refractivity contribution in [3.8, 4) is 6.07 Å². The molecule has 0 spiro atoms. The highest BCUT2D eigenvalue weighted by molar-refractivity contribution is 5.37. The second kappa shape index (κ2) is 7.00. The van der Waals surface area contributed by atoms with Gasteiger partial charge in [0.05, 0.1) is 18.2 Å². The second-order valence-corrected chi connectivity index (χ2v) is 3.65. The Hall–Kier alpha value is -1.37. The summed E-state index contributed by atoms with van der Waals surface area (Å²) >= 11 is 0. The molecule has 0 saturated heterocycles. The molecular weight excluding hydrogens is 202 g/mol. The first kappa shape index (κ1) is 12.7. The normalized spacial score (nSPS) is 10.1. The van der Waals surface area contributed by atoms with Gasteiger partial charge in [0, 0.05) is 20.3 Å². The Morgan fingerprint density at radius 3 is 2.75 bits per heavy atom. The maximum Gasteiger partial charge on any atom is 0.0991 e. The summed E-state index contributed by atoms with van der Waals surface area (Å²) in [4.78, 5) is 0. The van der Waals surface area contributed by atoms with E-state index in [1.807, 2.05) is 25.1 Å². The third-order valence-electron chi connectivity index (χ3n) is 2.37. The van der Waals surface area contributed by atoms with Crippen LogP contribution in [0.3, 0.4) is 0 Å². The lowest BCUT2D eigenvalue weighted by atomic mass is 10.1. The average Bonchev–Trinajstić information content (AvgIpc) is 2.30. The van der Waals surface area contributed by atoms with Gasteiger partial charge in [0.25, 0.3) is 0 Å². The van der Waals surface area contributed by atoms with Gasteiger partial charge < -0.3 is 9.47 Å². The Balaban J connectivity index is 2.40. The first-order valence-corrected chi connectivity index (χ1v) is 5.34. The van der Waals surface area contributed by atoms with Gasteiger partial charge in [-0.3, -0.25) is 0 Å². The zero-order chi connectivity index (χ0) is 11.8. The minimum absolute atomic E-state index is 0.598. The molecule has 86 valence electrons. The fourth-order valence-corrected chi connectivity index (χ4v) is 1.41. The predicted octanol–water partition coefficient (Wildman–Crippen LogP) is 2.42. The maximum absolute atomic E-state index is 8.73. The highest BCUT2D eigenvalue weighted by Gasteiger charge is 2.00. The van der Waals surface area contributed by atoms with Crippen LogP contribution < -0.4 is 0 Å². The summed E-state index contributed by atoms with van der Waals surface area (Å²) in [5.41, 5.74) is 2.93. The number of benzene rings is 1. The standard InChI is InChI=1S/C13H17NO2/c1-11-8-12(9-14)4-5-13(11)10-16-7-3-6-15-2/h4-5,8H,3,6-7,10H2,1-2H3. The lowest BCUT2D eigenvalue weighted by Crippen LogP contribution is -2.00. The van der Waals surface area contributed by atoms with Gasteiger partial charge in [-0.2, -0.15) is 5.26 Å². The summed E-state index contributed by atoms with van der Waals surface area (Å²) in [6.07, 6.45) is 0.909. The molecule has 0 radical (unpaired) electrons. The Morgan fingerprint density at radius 1 is 1.31 bits per heavy atom. The molecule has 0 heterocycles. The summed E-state index contributed by atoms with van der Waals surface area (Å²) in [7, 11) is 1.69. The number of nitrogens with zero attached hydrogens (tertiary/aromatic N) is 1. The van der Waals surface area contributed by atoms with Crippen molar-refractivity contribution in [1.82, 2.24) is 0 Å². The van der Waals surface area contributed by atoms with E-state index in [1.54, 1.807) is 7.11 Å². The topological polar surface area (TPSA) is 42.2 Å². The summed E-state index contributed by atoms with van der Waals surface area (Å²) in [6.45, 7) is 4.02. The smallest absolute Gasteiger partial charge is 0.0991 e. The van der Waals surface area contributed by atoms with Crippen molar-refractivity contribution in [2.24, 2.45) is 0 Å². The number of hydrogen-bond acceptors (Lipinski definition) is 3. The van der Waals surface area contributed by atoms with Gasteiger partial charge in [0.1, 0.15) is 0 Å². The summed E-state index contributed by atoms with van der Waals surface area (Å²) in [5.74, 6) is 0. The van der Waals surface area contributed by atoms with Crippen LogP contribution in [0.5, 0.6) is 0 Å². The monoisotopic (exact) mass is 219 g/mol. The summed E-state index contributed by atoms with van der Waals surface area (Å²) in [5, 5.41) is 8.73. The van der Waals surface area contributed by atoms with Gasteiger partial charge in [0.2, 0.25) is 0 Å². The van der Waals surface area contributed by atoms with Crippen LogP contribution in [-0.4, -0.2) is 20.3 Å². The molecule has 3 heteroatoms. The number of ether oxygens (including phenoxy) is 2. The van der Waals surface area contributed by atoms with Gasteiger partial charge in [-0.1, -0.05) is 6.07 Å². The SMILES string of the molecule is COCCCOCc1ccc(C#N)cc1C. The van der Waals surface area contributed by atoms with Crippen molar-refractivity contribution in [3.63, 3.8) is 0 Å². The lowest BCUT2D eigenvalue weighted by Gasteiger charge is -2.07. The van der Waals surface area contributed by atoms with Crippen molar-refractivity contribution < 1.29 is 9.47 Å². The Kier molecular flexibility index (Phi) is 5.55. The second-order valence-electron chi connectivity index (χ2n) is 3.65. The van der Waals surface area contributed by atoms with Crippen LogP contribution in [0, 0.1) is 18.3 Å². The molecule has 0 N–H and O–H groups in total. The first-order chi connectivity index (χ1) is 7.77. The summed E-state index contributed by atoms with van der Waals surface area (Å²) < 4.78 is 10.4. The Morgan fingerprint density at radius 2 is 2.12 bits per heavy atom. The molecule has 1 aromatic carbocycles. The quantitative estimate of drug-likeness (QED) is 0.690. The van der Waals surface area contributed by atoms with Gasteiger partial charge in [-0.25, -0.2) is 0 Å². The third-order valence-corrected chi connectivity index (χ3v) is 2.37. The zero-order valence-corrected chi connectivity index (χ0v) is 9.82. The molecule has 0 amide bonds. The van der Waals surface area contributed by atoms with Gasteiger partial charge in [-0.05, 0) is 36.6 Å². The van der Waals surface area contributed by atoms with Crippen LogP contribution in [0.1, 0.15) is 23.1 Å². The molecule has 0 fully saturated rings. The molecule has 0 aliphatic rings. The van der Waals surface area contributed by atoms with E-state index in [-0.39, 0.29) is 0 Å². The van der Waals surface area contributed by atoms with Crippen LogP contribution >= 0.6 is 0 Å². The zero-order valence-electron chi connectivity index (χ0n) is 9.82. The van der Waals surface area contributed by atoms with E-state index in [0.717, 1.165) is 24.2 Å². The van der Waals surface area contributed by atoms with Crippen molar-refractivity contribution >= 4 is 0 Å². The number of rotatable bonds is 6. The van der Waals surface area contributed by atoms with Crippen molar-refractivity contribution in [1.29, 1.82) is 5.26 Å². The average molecular weight is 219 g/mol. The molecule has 16 heavy (non-hydrogen) atoms. The van der Waals surface area contributed by atoms with E-state index in [2.05, 4.69) is 6.07 Å². The molecule has 1 rings (SSSR count). The number of aryl methyl sites for hydroxylation is 1. The highest BCUT2D eigenvalue weighted by Crippen LogP contribution is 2.11. The van der Waals surface area contributed by atoms with E-state index in [9.17, 15) is 0 Å². The number of hydrogen-bond donors (Lipinski definition) is 0. The minimum atomic E-state index is 0.598. The van der Waals surface area contributed by atoms with E-state index >= 15 is 0 Å². The Labute approximate surface area is 96.6 Å². The van der Waals surface area contributed by atoms with E-state index in [0.29, 0.717) is 18.8 Å². The van der Waals surface area contributed by atoms with Crippen LogP contribution in [0.2, 0.25) is 0 Å².